The molecular weight excluding hydrogens is 230 g/mol. The molecule has 0 aromatic carbocycles. The van der Waals surface area contributed by atoms with Crippen LogP contribution in [0.3, 0.4) is 0 Å². The van der Waals surface area contributed by atoms with E-state index in [0.29, 0.717) is 11.6 Å². The van der Waals surface area contributed by atoms with Gasteiger partial charge in [-0.15, -0.1) is 0 Å². The number of pyridine rings is 1. The molecule has 0 spiro atoms. The number of likely N-dealkylation sites (tertiary alicyclic amines) is 1. The highest BCUT2D eigenvalue weighted by Crippen LogP contribution is 2.16. The minimum Gasteiger partial charge on any atom is -0.339 e. The zero-order valence-electron chi connectivity index (χ0n) is 10.8. The zero-order valence-corrected chi connectivity index (χ0v) is 10.8. The molecule has 1 aliphatic heterocycles. The third-order valence-corrected chi connectivity index (χ3v) is 3.59. The van der Waals surface area contributed by atoms with E-state index in [9.17, 15) is 9.59 Å². The van der Waals surface area contributed by atoms with Crippen molar-refractivity contribution in [3.63, 3.8) is 0 Å². The first-order chi connectivity index (χ1) is 8.58. The fourth-order valence-electron chi connectivity index (χ4n) is 2.30. The Kier molecular flexibility index (Phi) is 3.81. The molecular formula is C13H19N3O2. The van der Waals surface area contributed by atoms with E-state index in [1.54, 1.807) is 11.0 Å². The number of rotatable bonds is 2. The van der Waals surface area contributed by atoms with Crippen LogP contribution in [-0.2, 0) is 0 Å². The van der Waals surface area contributed by atoms with Crippen molar-refractivity contribution in [3.8, 4) is 0 Å². The van der Waals surface area contributed by atoms with Crippen molar-refractivity contribution in [1.82, 2.24) is 14.8 Å². The smallest absolute Gasteiger partial charge is 0.255 e. The van der Waals surface area contributed by atoms with Gasteiger partial charge in [-0.2, -0.15) is 0 Å². The van der Waals surface area contributed by atoms with Crippen LogP contribution in [0.5, 0.6) is 0 Å². The molecule has 18 heavy (non-hydrogen) atoms. The van der Waals surface area contributed by atoms with Crippen molar-refractivity contribution in [2.75, 3.05) is 27.2 Å². The summed E-state index contributed by atoms with van der Waals surface area (Å²) in [4.78, 5) is 29.8. The van der Waals surface area contributed by atoms with Gasteiger partial charge in [0.05, 0.1) is 5.56 Å². The maximum Gasteiger partial charge on any atom is 0.255 e. The van der Waals surface area contributed by atoms with Crippen molar-refractivity contribution < 1.29 is 4.79 Å². The van der Waals surface area contributed by atoms with Gasteiger partial charge in [0.25, 0.3) is 5.91 Å². The summed E-state index contributed by atoms with van der Waals surface area (Å²) < 4.78 is 0. The van der Waals surface area contributed by atoms with Crippen LogP contribution < -0.4 is 5.56 Å². The SMILES string of the molecule is CN1CCC(N(C)C(=O)c2ccc(=O)[nH]c2)CC1. The van der Waals surface area contributed by atoms with E-state index in [4.69, 9.17) is 0 Å². The second kappa shape index (κ2) is 5.35. The maximum atomic E-state index is 12.2. The molecule has 1 aromatic heterocycles. The molecule has 0 aliphatic carbocycles. The van der Waals surface area contributed by atoms with Gasteiger partial charge >= 0.3 is 0 Å². The Labute approximate surface area is 106 Å². The zero-order chi connectivity index (χ0) is 13.1. The Morgan fingerprint density at radius 1 is 1.39 bits per heavy atom. The molecule has 5 heteroatoms. The fourth-order valence-corrected chi connectivity index (χ4v) is 2.30. The lowest BCUT2D eigenvalue weighted by Gasteiger charge is -2.35. The third-order valence-electron chi connectivity index (χ3n) is 3.59. The molecule has 5 nitrogen and oxygen atoms in total. The van der Waals surface area contributed by atoms with Gasteiger partial charge in [-0.3, -0.25) is 9.59 Å². The Bertz CT molecular complexity index is 455. The monoisotopic (exact) mass is 249 g/mol. The molecule has 98 valence electrons. The van der Waals surface area contributed by atoms with Gasteiger partial charge in [0, 0.05) is 25.4 Å². The molecule has 0 radical (unpaired) electrons. The molecule has 0 unspecified atom stereocenters. The molecule has 1 aromatic rings. The molecule has 0 saturated carbocycles. The standard InChI is InChI=1S/C13H19N3O2/c1-15-7-5-11(6-8-15)16(2)13(18)10-3-4-12(17)14-9-10/h3-4,9,11H,5-8H2,1-2H3,(H,14,17). The first-order valence-corrected chi connectivity index (χ1v) is 6.22. The summed E-state index contributed by atoms with van der Waals surface area (Å²) in [6, 6.07) is 3.25. The molecule has 2 heterocycles. The number of H-pyrrole nitrogens is 1. The van der Waals surface area contributed by atoms with Gasteiger partial charge in [-0.05, 0) is 39.0 Å². The molecule has 0 bridgehead atoms. The molecule has 1 fully saturated rings. The van der Waals surface area contributed by atoms with Gasteiger partial charge in [0.15, 0.2) is 0 Å². The average Bonchev–Trinajstić information content (AvgIpc) is 2.39. The number of nitrogens with zero attached hydrogens (tertiary/aromatic N) is 2. The van der Waals surface area contributed by atoms with Gasteiger partial charge in [0.2, 0.25) is 5.56 Å². The second-order valence-corrected chi connectivity index (χ2v) is 4.89. The fraction of sp³-hybridized carbons (Fsp3) is 0.538. The van der Waals surface area contributed by atoms with Crippen LogP contribution in [0.2, 0.25) is 0 Å². The van der Waals surface area contributed by atoms with E-state index in [0.717, 1.165) is 25.9 Å². The van der Waals surface area contributed by atoms with Crippen LogP contribution >= 0.6 is 0 Å². The Morgan fingerprint density at radius 2 is 2.06 bits per heavy atom. The molecule has 2 rings (SSSR count). The lowest BCUT2D eigenvalue weighted by atomic mass is 10.0. The van der Waals surface area contributed by atoms with E-state index in [2.05, 4.69) is 16.9 Å². The van der Waals surface area contributed by atoms with E-state index in [1.165, 1.54) is 12.3 Å². The van der Waals surface area contributed by atoms with Gasteiger partial charge < -0.3 is 14.8 Å². The van der Waals surface area contributed by atoms with E-state index >= 15 is 0 Å². The number of carbonyl (C=O) groups excluding carboxylic acids is 1. The maximum absolute atomic E-state index is 12.2. The van der Waals surface area contributed by atoms with Gasteiger partial charge in [0.1, 0.15) is 0 Å². The quantitative estimate of drug-likeness (QED) is 0.832. The predicted molar refractivity (Wildman–Crippen MR) is 69.7 cm³/mol. The number of nitrogens with one attached hydrogen (secondary N) is 1. The van der Waals surface area contributed by atoms with Crippen LogP contribution in [0.25, 0.3) is 0 Å². The highest BCUT2D eigenvalue weighted by Gasteiger charge is 2.24. The van der Waals surface area contributed by atoms with E-state index in [1.807, 2.05) is 7.05 Å². The number of carbonyl (C=O) groups is 1. The second-order valence-electron chi connectivity index (χ2n) is 4.89. The number of aromatic nitrogens is 1. The van der Waals surface area contributed by atoms with Crippen molar-refractivity contribution in [1.29, 1.82) is 0 Å². The van der Waals surface area contributed by atoms with Crippen LogP contribution in [-0.4, -0.2) is 53.9 Å². The number of amides is 1. The first-order valence-electron chi connectivity index (χ1n) is 6.22. The van der Waals surface area contributed by atoms with Crippen LogP contribution in [0.1, 0.15) is 23.2 Å². The van der Waals surface area contributed by atoms with Crippen LogP contribution in [0, 0.1) is 0 Å². The van der Waals surface area contributed by atoms with Crippen molar-refractivity contribution in [2.45, 2.75) is 18.9 Å². The van der Waals surface area contributed by atoms with E-state index in [-0.39, 0.29) is 11.5 Å². The van der Waals surface area contributed by atoms with Crippen molar-refractivity contribution >= 4 is 5.91 Å². The molecule has 0 atom stereocenters. The van der Waals surface area contributed by atoms with Crippen molar-refractivity contribution in [2.24, 2.45) is 0 Å². The predicted octanol–water partition coefficient (Wildman–Crippen LogP) is 0.541. The lowest BCUT2D eigenvalue weighted by molar-refractivity contribution is 0.0659. The average molecular weight is 249 g/mol. The Hall–Kier alpha value is -1.62. The largest absolute Gasteiger partial charge is 0.339 e. The highest BCUT2D eigenvalue weighted by molar-refractivity contribution is 5.93. The molecule has 1 N–H and O–H groups in total. The molecule has 1 amide bonds. The Balaban J connectivity index is 2.04. The summed E-state index contributed by atoms with van der Waals surface area (Å²) in [6.45, 7) is 2.04. The highest BCUT2D eigenvalue weighted by atomic mass is 16.2. The number of piperidine rings is 1. The summed E-state index contributed by atoms with van der Waals surface area (Å²) in [7, 11) is 3.93. The van der Waals surface area contributed by atoms with Gasteiger partial charge in [-0.25, -0.2) is 0 Å². The number of hydrogen-bond acceptors (Lipinski definition) is 3. The summed E-state index contributed by atoms with van der Waals surface area (Å²) in [5.74, 6) is -0.0270. The normalized spacial score (nSPS) is 17.7. The molecule has 1 saturated heterocycles. The van der Waals surface area contributed by atoms with Crippen LogP contribution in [0.15, 0.2) is 23.1 Å². The molecule has 1 aliphatic rings. The number of aromatic amines is 1. The summed E-state index contributed by atoms with van der Waals surface area (Å²) in [6.07, 6.45) is 3.49. The first kappa shape index (κ1) is 12.8. The third kappa shape index (κ3) is 2.79. The van der Waals surface area contributed by atoms with Crippen molar-refractivity contribution in [3.05, 3.63) is 34.2 Å². The minimum absolute atomic E-state index is 0.0270. The minimum atomic E-state index is -0.187. The van der Waals surface area contributed by atoms with E-state index < -0.39 is 0 Å². The van der Waals surface area contributed by atoms with Crippen LogP contribution in [0.4, 0.5) is 0 Å². The lowest BCUT2D eigenvalue weighted by Crippen LogP contribution is -2.44. The van der Waals surface area contributed by atoms with Gasteiger partial charge in [-0.1, -0.05) is 0 Å². The summed E-state index contributed by atoms with van der Waals surface area (Å²) in [5.41, 5.74) is 0.351. The topological polar surface area (TPSA) is 56.4 Å². The number of hydrogen-bond donors (Lipinski definition) is 1. The summed E-state index contributed by atoms with van der Waals surface area (Å²) in [5, 5.41) is 0. The Morgan fingerprint density at radius 3 is 2.61 bits per heavy atom. The summed E-state index contributed by atoms with van der Waals surface area (Å²) >= 11 is 0.